The summed E-state index contributed by atoms with van der Waals surface area (Å²) in [5.41, 5.74) is 0.500. The van der Waals surface area contributed by atoms with Gasteiger partial charge in [-0.2, -0.15) is 0 Å². The lowest BCUT2D eigenvalue weighted by Crippen LogP contribution is -2.48. The van der Waals surface area contributed by atoms with E-state index in [1.165, 1.54) is 51.4 Å². The Hall–Kier alpha value is -1.98. The minimum absolute atomic E-state index is 0.129. The highest BCUT2D eigenvalue weighted by Crippen LogP contribution is 2.34. The number of aliphatic hydroxyl groups excluding tert-OH is 2. The summed E-state index contributed by atoms with van der Waals surface area (Å²) in [6.45, 7) is 4.69. The van der Waals surface area contributed by atoms with Crippen LogP contribution in [-0.4, -0.2) is 68.1 Å². The third-order valence-corrected chi connectivity index (χ3v) is 8.09. The number of ether oxygens (including phenoxy) is 5. The molecule has 0 aromatic carbocycles. The average molecular weight is 574 g/mol. The number of nitrogens with zero attached hydrogens (tertiary/aromatic N) is 2. The van der Waals surface area contributed by atoms with Gasteiger partial charge < -0.3 is 33.9 Å². The first-order chi connectivity index (χ1) is 20.1. The maximum absolute atomic E-state index is 10.2. The molecule has 2 aliphatic rings. The summed E-state index contributed by atoms with van der Waals surface area (Å²) in [4.78, 5) is 4.02. The van der Waals surface area contributed by atoms with Gasteiger partial charge in [-0.25, -0.2) is 4.57 Å². The number of pyridine rings is 2. The summed E-state index contributed by atoms with van der Waals surface area (Å²) >= 11 is 0. The van der Waals surface area contributed by atoms with Crippen molar-refractivity contribution < 1.29 is 38.5 Å². The first-order valence-electron chi connectivity index (χ1n) is 15.3. The molecule has 2 fully saturated rings. The van der Waals surface area contributed by atoms with Crippen molar-refractivity contribution >= 4 is 0 Å². The molecule has 0 amide bonds. The maximum Gasteiger partial charge on any atom is 0.184 e. The molecule has 2 saturated heterocycles. The molecule has 2 aromatic rings. The quantitative estimate of drug-likeness (QED) is 0.214. The van der Waals surface area contributed by atoms with Gasteiger partial charge in [0, 0.05) is 42.1 Å². The SMILES string of the molecule is CCCCCCCCCC[n+]1ccc(C2OCC(CO)(COCC3(CO)COC(c4ccncc4)OC3)CO2)cc1. The lowest BCUT2D eigenvalue weighted by molar-refractivity contribution is -0.697. The third-order valence-electron chi connectivity index (χ3n) is 8.09. The summed E-state index contributed by atoms with van der Waals surface area (Å²) in [6.07, 6.45) is 17.1. The molecule has 0 unspecified atom stereocenters. The van der Waals surface area contributed by atoms with Crippen LogP contribution in [0.15, 0.2) is 49.1 Å². The highest BCUT2D eigenvalue weighted by Gasteiger charge is 2.41. The van der Waals surface area contributed by atoms with Crippen LogP contribution >= 0.6 is 0 Å². The van der Waals surface area contributed by atoms with Crippen molar-refractivity contribution in [2.45, 2.75) is 77.4 Å². The average Bonchev–Trinajstić information content (AvgIpc) is 3.04. The fraction of sp³-hybridized carbons (Fsp3) is 0.688. The van der Waals surface area contributed by atoms with Crippen molar-refractivity contribution in [3.05, 3.63) is 60.2 Å². The highest BCUT2D eigenvalue weighted by molar-refractivity contribution is 5.12. The topological polar surface area (TPSA) is 103 Å². The van der Waals surface area contributed by atoms with Gasteiger partial charge in [-0.1, -0.05) is 45.4 Å². The monoisotopic (exact) mass is 573 g/mol. The van der Waals surface area contributed by atoms with E-state index in [0.717, 1.165) is 17.7 Å². The molecular weight excluding hydrogens is 524 g/mol. The number of aromatic nitrogens is 2. The summed E-state index contributed by atoms with van der Waals surface area (Å²) in [5, 5.41) is 20.3. The molecule has 4 rings (SSSR count). The molecule has 0 bridgehead atoms. The van der Waals surface area contributed by atoms with E-state index < -0.39 is 23.4 Å². The van der Waals surface area contributed by atoms with Crippen LogP contribution < -0.4 is 4.57 Å². The van der Waals surface area contributed by atoms with Gasteiger partial charge in [-0.05, 0) is 18.6 Å². The van der Waals surface area contributed by atoms with Gasteiger partial charge >= 0.3 is 0 Å². The Morgan fingerprint density at radius 3 is 1.68 bits per heavy atom. The molecule has 0 spiro atoms. The van der Waals surface area contributed by atoms with Crippen LogP contribution in [0.1, 0.15) is 82.0 Å². The number of hydrogen-bond donors (Lipinski definition) is 2. The molecule has 9 heteroatoms. The van der Waals surface area contributed by atoms with Crippen LogP contribution in [0, 0.1) is 10.8 Å². The predicted molar refractivity (Wildman–Crippen MR) is 153 cm³/mol. The molecule has 228 valence electrons. The van der Waals surface area contributed by atoms with Crippen LogP contribution in [-0.2, 0) is 30.2 Å². The Kier molecular flexibility index (Phi) is 12.9. The molecule has 0 saturated carbocycles. The van der Waals surface area contributed by atoms with Crippen molar-refractivity contribution in [1.29, 1.82) is 0 Å². The Bertz CT molecular complexity index is 975. The Balaban J connectivity index is 1.16. The van der Waals surface area contributed by atoms with E-state index in [9.17, 15) is 10.2 Å². The minimum Gasteiger partial charge on any atom is -0.396 e. The Morgan fingerprint density at radius 2 is 1.20 bits per heavy atom. The molecule has 2 aliphatic heterocycles. The second kappa shape index (κ2) is 16.6. The number of aliphatic hydroxyl groups is 2. The predicted octanol–water partition coefficient (Wildman–Crippen LogP) is 4.27. The summed E-state index contributed by atoms with van der Waals surface area (Å²) in [5.74, 6) is 0. The maximum atomic E-state index is 10.2. The van der Waals surface area contributed by atoms with Gasteiger partial charge in [-0.3, -0.25) is 4.98 Å². The number of rotatable bonds is 17. The zero-order valence-corrected chi connectivity index (χ0v) is 24.6. The summed E-state index contributed by atoms with van der Waals surface area (Å²) in [7, 11) is 0. The Labute approximate surface area is 244 Å². The second-order valence-electron chi connectivity index (χ2n) is 11.8. The first kappa shape index (κ1) is 31.9. The smallest absolute Gasteiger partial charge is 0.184 e. The van der Waals surface area contributed by atoms with Crippen molar-refractivity contribution in [2.24, 2.45) is 10.8 Å². The minimum atomic E-state index is -0.673. The van der Waals surface area contributed by atoms with Gasteiger partial charge in [0.15, 0.2) is 25.0 Å². The molecule has 0 atom stereocenters. The second-order valence-corrected chi connectivity index (χ2v) is 11.8. The molecular formula is C32H49N2O7+. The van der Waals surface area contributed by atoms with Crippen LogP contribution in [0.3, 0.4) is 0 Å². The van der Waals surface area contributed by atoms with E-state index >= 15 is 0 Å². The summed E-state index contributed by atoms with van der Waals surface area (Å²) in [6, 6.07) is 7.79. The van der Waals surface area contributed by atoms with Crippen LogP contribution in [0.25, 0.3) is 0 Å². The van der Waals surface area contributed by atoms with Crippen molar-refractivity contribution in [1.82, 2.24) is 4.98 Å². The van der Waals surface area contributed by atoms with Crippen LogP contribution in [0.5, 0.6) is 0 Å². The molecule has 41 heavy (non-hydrogen) atoms. The van der Waals surface area contributed by atoms with Gasteiger partial charge in [0.25, 0.3) is 0 Å². The molecule has 0 radical (unpaired) electrons. The Morgan fingerprint density at radius 1 is 0.732 bits per heavy atom. The molecule has 2 N–H and O–H groups in total. The van der Waals surface area contributed by atoms with Crippen molar-refractivity contribution in [3.8, 4) is 0 Å². The van der Waals surface area contributed by atoms with Gasteiger partial charge in [0.05, 0.1) is 63.7 Å². The lowest BCUT2D eigenvalue weighted by atomic mass is 9.89. The fourth-order valence-electron chi connectivity index (χ4n) is 5.22. The standard InChI is InChI=1S/C32H49N2O7/c1-2-3-4-5-6-7-8-9-16-34-17-12-28(13-18-34)30-40-25-32(20-36,26-41-30)22-37-21-31(19-35)23-38-29(39-24-31)27-10-14-33-15-11-27/h10-15,17-18,29-30,35-36H,2-9,16,19-26H2,1H3/q+1. The van der Waals surface area contributed by atoms with Gasteiger partial charge in [0.2, 0.25) is 0 Å². The first-order valence-corrected chi connectivity index (χ1v) is 15.3. The van der Waals surface area contributed by atoms with Crippen LogP contribution in [0.4, 0.5) is 0 Å². The largest absolute Gasteiger partial charge is 0.396 e. The van der Waals surface area contributed by atoms with E-state index in [2.05, 4.69) is 28.9 Å². The zero-order valence-electron chi connectivity index (χ0n) is 24.6. The highest BCUT2D eigenvalue weighted by atomic mass is 16.7. The van der Waals surface area contributed by atoms with E-state index in [0.29, 0.717) is 26.4 Å². The van der Waals surface area contributed by atoms with Crippen molar-refractivity contribution in [3.63, 3.8) is 0 Å². The van der Waals surface area contributed by atoms with Gasteiger partial charge in [0.1, 0.15) is 6.54 Å². The van der Waals surface area contributed by atoms with Crippen molar-refractivity contribution in [2.75, 3.05) is 52.9 Å². The molecule has 4 heterocycles. The number of aryl methyl sites for hydroxylation is 1. The number of unbranched alkanes of at least 4 members (excludes halogenated alkanes) is 7. The summed E-state index contributed by atoms with van der Waals surface area (Å²) < 4.78 is 32.1. The number of hydrogen-bond acceptors (Lipinski definition) is 8. The lowest BCUT2D eigenvalue weighted by Gasteiger charge is -2.41. The molecule has 9 nitrogen and oxygen atoms in total. The molecule has 0 aliphatic carbocycles. The van der Waals surface area contributed by atoms with E-state index in [1.54, 1.807) is 12.4 Å². The molecule has 2 aromatic heterocycles. The van der Waals surface area contributed by atoms with E-state index in [1.807, 2.05) is 24.3 Å². The van der Waals surface area contributed by atoms with E-state index in [4.69, 9.17) is 23.7 Å². The van der Waals surface area contributed by atoms with Crippen LogP contribution in [0.2, 0.25) is 0 Å². The third kappa shape index (κ3) is 9.51. The normalized spacial score (nSPS) is 26.7. The van der Waals surface area contributed by atoms with E-state index in [-0.39, 0.29) is 26.4 Å². The van der Waals surface area contributed by atoms with Gasteiger partial charge in [-0.15, -0.1) is 0 Å². The zero-order chi connectivity index (χ0) is 28.8. The fourth-order valence-corrected chi connectivity index (χ4v) is 5.22.